The van der Waals surface area contributed by atoms with Crippen LogP contribution in [0, 0.1) is 18.7 Å². The molecule has 0 unspecified atom stereocenters. The maximum atomic E-state index is 13.4. The zero-order chi connectivity index (χ0) is 10.9. The third-order valence-electron chi connectivity index (χ3n) is 2.42. The van der Waals surface area contributed by atoms with Crippen molar-refractivity contribution >= 4 is 0 Å². The molecule has 0 aromatic heterocycles. The number of phenols is 1. The third kappa shape index (κ3) is 1.87. The summed E-state index contributed by atoms with van der Waals surface area (Å²) in [6, 6.07) is 2.42. The van der Waals surface area contributed by atoms with Crippen molar-refractivity contribution in [2.45, 2.75) is 26.8 Å². The molecule has 3 heteroatoms. The smallest absolute Gasteiger partial charge is 0.131 e. The van der Waals surface area contributed by atoms with Crippen molar-refractivity contribution in [3.05, 3.63) is 29.1 Å². The molecule has 0 fully saturated rings. The maximum Gasteiger partial charge on any atom is 0.131 e. The zero-order valence-corrected chi connectivity index (χ0v) is 8.71. The Hall–Kier alpha value is -1.09. The molecule has 0 aliphatic heterocycles. The standard InChI is InChI=1S/C11H16FNO/c1-6(2)10(13)9-8(12)5-4-7(3)11(9)14/h4-6,10,14H,13H2,1-3H3/t10-/m1/s1. The summed E-state index contributed by atoms with van der Waals surface area (Å²) < 4.78 is 13.4. The van der Waals surface area contributed by atoms with Gasteiger partial charge in [0.2, 0.25) is 0 Å². The first kappa shape index (κ1) is 11.0. The van der Waals surface area contributed by atoms with Crippen LogP contribution in [-0.4, -0.2) is 5.11 Å². The molecule has 1 rings (SSSR count). The van der Waals surface area contributed by atoms with Crippen molar-refractivity contribution in [1.82, 2.24) is 0 Å². The molecule has 2 nitrogen and oxygen atoms in total. The molecule has 0 amide bonds. The molecule has 1 aromatic carbocycles. The Morgan fingerprint density at radius 3 is 2.43 bits per heavy atom. The molecule has 1 atom stereocenters. The van der Waals surface area contributed by atoms with Gasteiger partial charge in [-0.05, 0) is 24.5 Å². The van der Waals surface area contributed by atoms with Crippen LogP contribution in [-0.2, 0) is 0 Å². The number of nitrogens with two attached hydrogens (primary N) is 1. The summed E-state index contributed by atoms with van der Waals surface area (Å²) in [6.07, 6.45) is 0. The highest BCUT2D eigenvalue weighted by Gasteiger charge is 2.20. The number of halogens is 1. The van der Waals surface area contributed by atoms with Gasteiger partial charge in [0.05, 0.1) is 0 Å². The van der Waals surface area contributed by atoms with E-state index in [0.29, 0.717) is 5.56 Å². The van der Waals surface area contributed by atoms with Crippen LogP contribution in [0.2, 0.25) is 0 Å². The quantitative estimate of drug-likeness (QED) is 0.765. The monoisotopic (exact) mass is 197 g/mol. The van der Waals surface area contributed by atoms with E-state index in [1.54, 1.807) is 13.0 Å². The van der Waals surface area contributed by atoms with Gasteiger partial charge in [-0.1, -0.05) is 19.9 Å². The highest BCUT2D eigenvalue weighted by Crippen LogP contribution is 2.32. The summed E-state index contributed by atoms with van der Waals surface area (Å²) >= 11 is 0. The average Bonchev–Trinajstić information content (AvgIpc) is 2.12. The second-order valence-electron chi connectivity index (χ2n) is 3.90. The highest BCUT2D eigenvalue weighted by atomic mass is 19.1. The lowest BCUT2D eigenvalue weighted by atomic mass is 9.94. The first-order chi connectivity index (χ1) is 6.45. The first-order valence-corrected chi connectivity index (χ1v) is 4.68. The minimum absolute atomic E-state index is 0.0220. The van der Waals surface area contributed by atoms with Crippen LogP contribution in [0.4, 0.5) is 4.39 Å². The summed E-state index contributed by atoms with van der Waals surface area (Å²) in [5.74, 6) is -0.363. The topological polar surface area (TPSA) is 46.2 Å². The predicted molar refractivity (Wildman–Crippen MR) is 54.6 cm³/mol. The molecule has 0 radical (unpaired) electrons. The number of hydrogen-bond donors (Lipinski definition) is 2. The van der Waals surface area contributed by atoms with E-state index in [0.717, 1.165) is 0 Å². The van der Waals surface area contributed by atoms with Crippen molar-refractivity contribution in [2.75, 3.05) is 0 Å². The van der Waals surface area contributed by atoms with E-state index >= 15 is 0 Å². The van der Waals surface area contributed by atoms with Crippen LogP contribution < -0.4 is 5.73 Å². The van der Waals surface area contributed by atoms with E-state index in [2.05, 4.69) is 0 Å². The summed E-state index contributed by atoms with van der Waals surface area (Å²) in [6.45, 7) is 5.52. The average molecular weight is 197 g/mol. The van der Waals surface area contributed by atoms with Crippen LogP contribution in [0.3, 0.4) is 0 Å². The summed E-state index contributed by atoms with van der Waals surface area (Å²) in [5.41, 5.74) is 6.68. The number of rotatable bonds is 2. The van der Waals surface area contributed by atoms with Crippen LogP contribution >= 0.6 is 0 Å². The SMILES string of the molecule is Cc1ccc(F)c([C@H](N)C(C)C)c1O. The Balaban J connectivity index is 3.25. The number of benzene rings is 1. The van der Waals surface area contributed by atoms with E-state index in [1.165, 1.54) is 6.07 Å². The molecule has 0 saturated carbocycles. The summed E-state index contributed by atoms with van der Waals surface area (Å²) in [5, 5.41) is 9.68. The molecule has 0 spiro atoms. The van der Waals surface area contributed by atoms with Crippen molar-refractivity contribution in [3.63, 3.8) is 0 Å². The van der Waals surface area contributed by atoms with E-state index in [9.17, 15) is 9.50 Å². The van der Waals surface area contributed by atoms with Gasteiger partial charge in [-0.25, -0.2) is 4.39 Å². The molecular weight excluding hydrogens is 181 g/mol. The Bertz CT molecular complexity index is 336. The Kier molecular flexibility index (Phi) is 3.11. The molecule has 1 aromatic rings. The minimum atomic E-state index is -0.463. The predicted octanol–water partition coefficient (Wildman–Crippen LogP) is 2.50. The fraction of sp³-hybridized carbons (Fsp3) is 0.455. The molecule has 78 valence electrons. The van der Waals surface area contributed by atoms with Gasteiger partial charge in [0, 0.05) is 11.6 Å². The van der Waals surface area contributed by atoms with E-state index < -0.39 is 11.9 Å². The molecule has 3 N–H and O–H groups in total. The highest BCUT2D eigenvalue weighted by molar-refractivity contribution is 5.42. The van der Waals surface area contributed by atoms with Gasteiger partial charge in [-0.2, -0.15) is 0 Å². The molecule has 0 heterocycles. The van der Waals surface area contributed by atoms with Gasteiger partial charge in [0.25, 0.3) is 0 Å². The third-order valence-corrected chi connectivity index (χ3v) is 2.42. The normalized spacial score (nSPS) is 13.3. The number of aromatic hydroxyl groups is 1. The van der Waals surface area contributed by atoms with E-state index in [-0.39, 0.29) is 17.2 Å². The van der Waals surface area contributed by atoms with Crippen molar-refractivity contribution in [2.24, 2.45) is 11.7 Å². The lowest BCUT2D eigenvalue weighted by Gasteiger charge is -2.18. The lowest BCUT2D eigenvalue weighted by Crippen LogP contribution is -2.18. The van der Waals surface area contributed by atoms with Crippen molar-refractivity contribution in [1.29, 1.82) is 0 Å². The molecule has 0 saturated heterocycles. The van der Waals surface area contributed by atoms with Gasteiger partial charge < -0.3 is 10.8 Å². The molecular formula is C11H16FNO. The first-order valence-electron chi connectivity index (χ1n) is 4.68. The summed E-state index contributed by atoms with van der Waals surface area (Å²) in [4.78, 5) is 0. The van der Waals surface area contributed by atoms with Gasteiger partial charge in [0.1, 0.15) is 11.6 Å². The van der Waals surface area contributed by atoms with Crippen LogP contribution in [0.5, 0.6) is 5.75 Å². The van der Waals surface area contributed by atoms with Crippen molar-refractivity contribution < 1.29 is 9.50 Å². The zero-order valence-electron chi connectivity index (χ0n) is 8.71. The van der Waals surface area contributed by atoms with Crippen LogP contribution in [0.15, 0.2) is 12.1 Å². The van der Waals surface area contributed by atoms with Gasteiger partial charge in [-0.3, -0.25) is 0 Å². The van der Waals surface area contributed by atoms with Gasteiger partial charge in [0.15, 0.2) is 0 Å². The minimum Gasteiger partial charge on any atom is -0.507 e. The second-order valence-corrected chi connectivity index (χ2v) is 3.90. The molecule has 0 aliphatic carbocycles. The van der Waals surface area contributed by atoms with Crippen LogP contribution in [0.25, 0.3) is 0 Å². The molecule has 0 aliphatic rings. The second kappa shape index (κ2) is 3.96. The van der Waals surface area contributed by atoms with Gasteiger partial charge in [-0.15, -0.1) is 0 Å². The van der Waals surface area contributed by atoms with E-state index in [4.69, 9.17) is 5.73 Å². The van der Waals surface area contributed by atoms with E-state index in [1.807, 2.05) is 13.8 Å². The van der Waals surface area contributed by atoms with Gasteiger partial charge >= 0.3 is 0 Å². The maximum absolute atomic E-state index is 13.4. The van der Waals surface area contributed by atoms with Crippen molar-refractivity contribution in [3.8, 4) is 5.75 Å². The molecule has 14 heavy (non-hydrogen) atoms. The largest absolute Gasteiger partial charge is 0.507 e. The Labute approximate surface area is 83.6 Å². The number of phenolic OH excluding ortho intramolecular Hbond substituents is 1. The fourth-order valence-corrected chi connectivity index (χ4v) is 1.34. The number of aryl methyl sites for hydroxylation is 1. The Morgan fingerprint density at radius 2 is 1.93 bits per heavy atom. The number of hydrogen-bond acceptors (Lipinski definition) is 2. The summed E-state index contributed by atoms with van der Waals surface area (Å²) in [7, 11) is 0. The van der Waals surface area contributed by atoms with Crippen LogP contribution in [0.1, 0.15) is 31.0 Å². The lowest BCUT2D eigenvalue weighted by molar-refractivity contribution is 0.420. The molecule has 0 bridgehead atoms. The Morgan fingerprint density at radius 1 is 1.36 bits per heavy atom. The fourth-order valence-electron chi connectivity index (χ4n) is 1.34.